The molecule has 2 aromatic carbocycles. The molecule has 0 bridgehead atoms. The van der Waals surface area contributed by atoms with Crippen molar-refractivity contribution in [2.45, 2.75) is 31.7 Å². The van der Waals surface area contributed by atoms with Crippen molar-refractivity contribution < 1.29 is 24.3 Å². The summed E-state index contributed by atoms with van der Waals surface area (Å²) in [4.78, 5) is 55.2. The molecule has 3 aromatic rings. The number of thiophene rings is 1. The highest BCUT2D eigenvalue weighted by molar-refractivity contribution is 7.10. The van der Waals surface area contributed by atoms with Crippen LogP contribution in [0.1, 0.15) is 57.3 Å². The molecule has 1 unspecified atom stereocenters. The number of anilines is 2. The number of hydrogen-bond acceptors (Lipinski definition) is 6. The normalized spacial score (nSPS) is 16.1. The lowest BCUT2D eigenvalue weighted by atomic mass is 9.85. The molecule has 208 valence electrons. The first-order valence-corrected chi connectivity index (χ1v) is 14.4. The Labute approximate surface area is 236 Å². The largest absolute Gasteiger partial charge is 0.481 e. The summed E-state index contributed by atoms with van der Waals surface area (Å²) in [5.41, 5.74) is 2.32. The van der Waals surface area contributed by atoms with Crippen LogP contribution in [0.5, 0.6) is 0 Å². The molecule has 1 saturated carbocycles. The predicted octanol–water partition coefficient (Wildman–Crippen LogP) is 4.39. The molecule has 2 fully saturated rings. The third-order valence-electron chi connectivity index (χ3n) is 7.49. The number of aliphatic carboxylic acids is 1. The molecule has 40 heavy (non-hydrogen) atoms. The standard InChI is InChI=1S/C30H32N4O5S/c35-27(36)19-24(26-10-5-17-40-26)32-29(38)22-11-12-25(23(18-22)31-28(37)20-8-4-9-20)33-13-15-34(16-14-33)30(39)21-6-2-1-3-7-21/h1-3,5-7,10-12,17-18,20,24H,4,8-9,13-16,19H2,(H,31,37)(H,32,38)(H,35,36). The third kappa shape index (κ3) is 6.34. The van der Waals surface area contributed by atoms with Crippen LogP contribution in [0, 0.1) is 5.92 Å². The Hall–Kier alpha value is -4.18. The Kier molecular flexibility index (Phi) is 8.45. The van der Waals surface area contributed by atoms with Crippen LogP contribution in [0.15, 0.2) is 66.0 Å². The van der Waals surface area contributed by atoms with E-state index in [-0.39, 0.29) is 24.2 Å². The zero-order chi connectivity index (χ0) is 28.1. The summed E-state index contributed by atoms with van der Waals surface area (Å²) >= 11 is 1.39. The van der Waals surface area contributed by atoms with Gasteiger partial charge in [0, 0.05) is 48.1 Å². The number of nitrogens with zero attached hydrogens (tertiary/aromatic N) is 2. The minimum absolute atomic E-state index is 0.00701. The molecule has 10 heteroatoms. The number of piperazine rings is 1. The third-order valence-corrected chi connectivity index (χ3v) is 8.48. The number of benzene rings is 2. The van der Waals surface area contributed by atoms with Crippen LogP contribution >= 0.6 is 11.3 Å². The summed E-state index contributed by atoms with van der Waals surface area (Å²) in [6.45, 7) is 2.22. The average Bonchev–Trinajstić information content (AvgIpc) is 3.47. The van der Waals surface area contributed by atoms with Crippen LogP contribution in [0.3, 0.4) is 0 Å². The topological polar surface area (TPSA) is 119 Å². The zero-order valence-electron chi connectivity index (χ0n) is 22.0. The van der Waals surface area contributed by atoms with Crippen molar-refractivity contribution in [3.05, 3.63) is 82.0 Å². The molecular formula is C30H32N4O5S. The van der Waals surface area contributed by atoms with Gasteiger partial charge in [0.1, 0.15) is 0 Å². The van der Waals surface area contributed by atoms with E-state index in [9.17, 15) is 24.3 Å². The molecule has 5 rings (SSSR count). The van der Waals surface area contributed by atoms with E-state index in [4.69, 9.17) is 0 Å². The maximum atomic E-state index is 13.2. The first kappa shape index (κ1) is 27.4. The minimum Gasteiger partial charge on any atom is -0.481 e. The summed E-state index contributed by atoms with van der Waals surface area (Å²) in [6.07, 6.45) is 2.48. The van der Waals surface area contributed by atoms with Gasteiger partial charge in [-0.2, -0.15) is 0 Å². The lowest BCUT2D eigenvalue weighted by Gasteiger charge is -2.37. The first-order chi connectivity index (χ1) is 19.4. The smallest absolute Gasteiger partial charge is 0.305 e. The van der Waals surface area contributed by atoms with E-state index in [0.29, 0.717) is 43.0 Å². The van der Waals surface area contributed by atoms with Crippen LogP contribution in [0.4, 0.5) is 11.4 Å². The van der Waals surface area contributed by atoms with Gasteiger partial charge < -0.3 is 25.5 Å². The van der Waals surface area contributed by atoms with E-state index in [2.05, 4.69) is 15.5 Å². The Morgan fingerprint density at radius 3 is 2.30 bits per heavy atom. The fourth-order valence-corrected chi connectivity index (χ4v) is 5.78. The van der Waals surface area contributed by atoms with Crippen LogP contribution in [-0.4, -0.2) is 59.9 Å². The van der Waals surface area contributed by atoms with Gasteiger partial charge in [-0.15, -0.1) is 11.3 Å². The SMILES string of the molecule is O=C(O)CC(NC(=O)c1ccc(N2CCN(C(=O)c3ccccc3)CC2)c(NC(=O)C2CCC2)c1)c1cccs1. The molecule has 1 saturated heterocycles. The van der Waals surface area contributed by atoms with Gasteiger partial charge in [0.2, 0.25) is 5.91 Å². The molecule has 2 aliphatic rings. The van der Waals surface area contributed by atoms with Crippen LogP contribution in [0.25, 0.3) is 0 Å². The van der Waals surface area contributed by atoms with E-state index < -0.39 is 17.9 Å². The van der Waals surface area contributed by atoms with Crippen molar-refractivity contribution >= 4 is 46.4 Å². The van der Waals surface area contributed by atoms with Gasteiger partial charge in [0.25, 0.3) is 11.8 Å². The number of carbonyl (C=O) groups is 4. The van der Waals surface area contributed by atoms with Crippen molar-refractivity contribution in [3.8, 4) is 0 Å². The van der Waals surface area contributed by atoms with E-state index in [1.165, 1.54) is 11.3 Å². The molecule has 0 radical (unpaired) electrons. The Morgan fingerprint density at radius 1 is 0.925 bits per heavy atom. The summed E-state index contributed by atoms with van der Waals surface area (Å²) in [5.74, 6) is -1.53. The van der Waals surface area contributed by atoms with E-state index in [0.717, 1.165) is 29.8 Å². The maximum absolute atomic E-state index is 13.2. The molecule has 1 aromatic heterocycles. The number of carboxylic acid groups (broad SMARTS) is 1. The molecule has 3 amide bonds. The quantitative estimate of drug-likeness (QED) is 0.357. The summed E-state index contributed by atoms with van der Waals surface area (Å²) < 4.78 is 0. The predicted molar refractivity (Wildman–Crippen MR) is 154 cm³/mol. The highest BCUT2D eigenvalue weighted by Gasteiger charge is 2.28. The number of carboxylic acids is 1. The van der Waals surface area contributed by atoms with Crippen molar-refractivity contribution in [2.24, 2.45) is 5.92 Å². The molecule has 1 aliphatic heterocycles. The van der Waals surface area contributed by atoms with Gasteiger partial charge in [-0.05, 0) is 54.6 Å². The Balaban J connectivity index is 1.33. The highest BCUT2D eigenvalue weighted by Crippen LogP contribution is 2.33. The van der Waals surface area contributed by atoms with E-state index in [1.807, 2.05) is 52.7 Å². The number of carbonyl (C=O) groups excluding carboxylic acids is 3. The zero-order valence-corrected chi connectivity index (χ0v) is 22.9. The maximum Gasteiger partial charge on any atom is 0.305 e. The van der Waals surface area contributed by atoms with Gasteiger partial charge >= 0.3 is 5.97 Å². The highest BCUT2D eigenvalue weighted by atomic mass is 32.1. The van der Waals surface area contributed by atoms with Crippen molar-refractivity contribution in [2.75, 3.05) is 36.4 Å². The Bertz CT molecular complexity index is 1370. The average molecular weight is 561 g/mol. The fourth-order valence-electron chi connectivity index (χ4n) is 5.00. The molecule has 1 aliphatic carbocycles. The molecule has 1 atom stereocenters. The fraction of sp³-hybridized carbons (Fsp3) is 0.333. The first-order valence-electron chi connectivity index (χ1n) is 13.5. The number of amides is 3. The second-order valence-electron chi connectivity index (χ2n) is 10.1. The number of hydrogen-bond donors (Lipinski definition) is 3. The van der Waals surface area contributed by atoms with Gasteiger partial charge in [-0.25, -0.2) is 0 Å². The van der Waals surface area contributed by atoms with Crippen LogP contribution < -0.4 is 15.5 Å². The monoisotopic (exact) mass is 560 g/mol. The second-order valence-corrected chi connectivity index (χ2v) is 11.1. The van der Waals surface area contributed by atoms with E-state index in [1.54, 1.807) is 18.2 Å². The summed E-state index contributed by atoms with van der Waals surface area (Å²) in [7, 11) is 0. The number of rotatable bonds is 9. The second kappa shape index (κ2) is 12.3. The van der Waals surface area contributed by atoms with Crippen molar-refractivity contribution in [1.82, 2.24) is 10.2 Å². The van der Waals surface area contributed by atoms with Gasteiger partial charge in [0.15, 0.2) is 0 Å². The molecule has 3 N–H and O–H groups in total. The van der Waals surface area contributed by atoms with Crippen LogP contribution in [0.2, 0.25) is 0 Å². The lowest BCUT2D eigenvalue weighted by Crippen LogP contribution is -2.49. The minimum atomic E-state index is -1.01. The van der Waals surface area contributed by atoms with Gasteiger partial charge in [0.05, 0.1) is 23.8 Å². The van der Waals surface area contributed by atoms with Gasteiger partial charge in [-0.1, -0.05) is 30.7 Å². The lowest BCUT2D eigenvalue weighted by molar-refractivity contribution is -0.137. The summed E-state index contributed by atoms with van der Waals surface area (Å²) in [5, 5.41) is 17.1. The van der Waals surface area contributed by atoms with Crippen molar-refractivity contribution in [1.29, 1.82) is 0 Å². The molecular weight excluding hydrogens is 528 g/mol. The summed E-state index contributed by atoms with van der Waals surface area (Å²) in [6, 6.07) is 17.3. The van der Waals surface area contributed by atoms with Gasteiger partial charge in [-0.3, -0.25) is 19.2 Å². The molecule has 2 heterocycles. The molecule has 9 nitrogen and oxygen atoms in total. The van der Waals surface area contributed by atoms with E-state index >= 15 is 0 Å². The van der Waals surface area contributed by atoms with Crippen molar-refractivity contribution in [3.63, 3.8) is 0 Å². The Morgan fingerprint density at radius 2 is 1.68 bits per heavy atom. The number of nitrogens with one attached hydrogen (secondary N) is 2. The van der Waals surface area contributed by atoms with Crippen LogP contribution in [-0.2, 0) is 9.59 Å². The molecule has 0 spiro atoms.